The van der Waals surface area contributed by atoms with Crippen molar-refractivity contribution < 1.29 is 35.7 Å². The van der Waals surface area contributed by atoms with E-state index < -0.39 is 31.0 Å². The molecule has 0 saturated heterocycles. The van der Waals surface area contributed by atoms with Crippen LogP contribution in [0.2, 0.25) is 0 Å². The lowest BCUT2D eigenvalue weighted by Gasteiger charge is -2.26. The molecule has 0 heterocycles. The molecule has 0 aromatic rings. The van der Waals surface area contributed by atoms with Crippen molar-refractivity contribution in [2.24, 2.45) is 4.99 Å². The molecule has 0 unspecified atom stereocenters. The van der Waals surface area contributed by atoms with E-state index in [1.165, 1.54) is 0 Å². The van der Waals surface area contributed by atoms with Crippen LogP contribution in [0.1, 0.15) is 0 Å². The number of rotatable bonds is 9. The third-order valence-electron chi connectivity index (χ3n) is 2.33. The average Bonchev–Trinajstić information content (AvgIpc) is 2.44. The highest BCUT2D eigenvalue weighted by Gasteiger charge is 2.32. The van der Waals surface area contributed by atoms with Crippen molar-refractivity contribution in [3.63, 3.8) is 0 Å². The first-order chi connectivity index (χ1) is 8.99. The van der Waals surface area contributed by atoms with Gasteiger partial charge >= 0.3 is 0 Å². The van der Waals surface area contributed by atoms with Crippen LogP contribution < -0.4 is 5.32 Å². The number of hydrogen-bond donors (Lipinski definition) is 8. The molecule has 0 aliphatic rings. The van der Waals surface area contributed by atoms with Gasteiger partial charge < -0.3 is 41.1 Å². The molecule has 0 rings (SSSR count). The molecule has 0 bridgehead atoms. The summed E-state index contributed by atoms with van der Waals surface area (Å²) in [5.74, 6) is -0.139. The Balaban J connectivity index is 4.71. The van der Waals surface area contributed by atoms with Crippen LogP contribution >= 0.6 is 0 Å². The Bertz CT molecular complexity index is 264. The molecule has 4 atom stereocenters. The predicted octanol–water partition coefficient (Wildman–Crippen LogP) is -4.60. The van der Waals surface area contributed by atoms with Crippen LogP contribution in [-0.4, -0.2) is 98.9 Å². The Morgan fingerprint density at radius 3 is 2.05 bits per heavy atom. The second-order valence-electron chi connectivity index (χ2n) is 3.82. The van der Waals surface area contributed by atoms with Crippen LogP contribution in [0.5, 0.6) is 0 Å². The SMILES string of the molecule is OCCN=C(NCCO)[C@@H](O)[C@@H](O)[C@@H](O)[C@H](O)CO. The zero-order valence-corrected chi connectivity index (χ0v) is 10.4. The second-order valence-corrected chi connectivity index (χ2v) is 3.82. The van der Waals surface area contributed by atoms with E-state index in [1.54, 1.807) is 0 Å². The summed E-state index contributed by atoms with van der Waals surface area (Å²) in [5.41, 5.74) is 0. The standard InChI is InChI=1S/C10H22N2O7/c13-3-1-11-10(12-2-4-14)9(19)8(18)7(17)6(16)5-15/h6-9,13-19H,1-5H2,(H,11,12)/t6-,7+,8+,9+/m1/s1. The second kappa shape index (κ2) is 10.0. The molecule has 8 N–H and O–H groups in total. The first kappa shape index (κ1) is 18.2. The van der Waals surface area contributed by atoms with E-state index >= 15 is 0 Å². The van der Waals surface area contributed by atoms with Gasteiger partial charge in [-0.2, -0.15) is 0 Å². The highest BCUT2D eigenvalue weighted by atomic mass is 16.4. The van der Waals surface area contributed by atoms with Crippen molar-refractivity contribution in [3.8, 4) is 0 Å². The number of hydrogen-bond acceptors (Lipinski definition) is 8. The van der Waals surface area contributed by atoms with Gasteiger partial charge in [0, 0.05) is 6.54 Å². The fourth-order valence-electron chi connectivity index (χ4n) is 1.29. The summed E-state index contributed by atoms with van der Waals surface area (Å²) >= 11 is 0. The molecule has 0 amide bonds. The van der Waals surface area contributed by atoms with Gasteiger partial charge in [-0.25, -0.2) is 0 Å². The van der Waals surface area contributed by atoms with Crippen LogP contribution in [0.4, 0.5) is 0 Å². The maximum atomic E-state index is 9.79. The average molecular weight is 282 g/mol. The summed E-state index contributed by atoms with van der Waals surface area (Å²) in [6, 6.07) is 0. The summed E-state index contributed by atoms with van der Waals surface area (Å²) in [7, 11) is 0. The highest BCUT2D eigenvalue weighted by molar-refractivity contribution is 5.87. The van der Waals surface area contributed by atoms with E-state index in [4.69, 9.17) is 20.4 Å². The van der Waals surface area contributed by atoms with Crippen LogP contribution in [0.15, 0.2) is 4.99 Å². The number of nitrogens with one attached hydrogen (secondary N) is 1. The van der Waals surface area contributed by atoms with Gasteiger partial charge in [0.2, 0.25) is 0 Å². The highest BCUT2D eigenvalue weighted by Crippen LogP contribution is 2.06. The van der Waals surface area contributed by atoms with E-state index in [0.717, 1.165) is 0 Å². The Kier molecular flexibility index (Phi) is 9.61. The predicted molar refractivity (Wildman–Crippen MR) is 65.6 cm³/mol. The molecule has 0 aliphatic heterocycles. The van der Waals surface area contributed by atoms with Crippen LogP contribution in [0, 0.1) is 0 Å². The number of aliphatic imine (C=N–C) groups is 1. The Morgan fingerprint density at radius 1 is 0.947 bits per heavy atom. The van der Waals surface area contributed by atoms with Gasteiger partial charge in [0.25, 0.3) is 0 Å². The minimum Gasteiger partial charge on any atom is -0.395 e. The summed E-state index contributed by atoms with van der Waals surface area (Å²) in [5, 5.41) is 66.5. The summed E-state index contributed by atoms with van der Waals surface area (Å²) in [6.45, 7) is -1.31. The zero-order chi connectivity index (χ0) is 14.8. The van der Waals surface area contributed by atoms with E-state index in [9.17, 15) is 15.3 Å². The molecule has 9 nitrogen and oxygen atoms in total. The lowest BCUT2D eigenvalue weighted by Crippen LogP contribution is -2.52. The Morgan fingerprint density at radius 2 is 1.58 bits per heavy atom. The molecule has 0 saturated carbocycles. The van der Waals surface area contributed by atoms with Crippen LogP contribution in [-0.2, 0) is 0 Å². The first-order valence-electron chi connectivity index (χ1n) is 5.82. The number of aliphatic hydroxyl groups excluding tert-OH is 7. The smallest absolute Gasteiger partial charge is 0.139 e. The van der Waals surface area contributed by atoms with Crippen LogP contribution in [0.3, 0.4) is 0 Å². The topological polar surface area (TPSA) is 166 Å². The fraction of sp³-hybridized carbons (Fsp3) is 0.900. The quantitative estimate of drug-likeness (QED) is 0.154. The van der Waals surface area contributed by atoms with E-state index in [2.05, 4.69) is 10.3 Å². The molecule has 0 aromatic heterocycles. The van der Waals surface area contributed by atoms with Crippen molar-refractivity contribution in [2.75, 3.05) is 32.9 Å². The molecule has 0 spiro atoms. The fourth-order valence-corrected chi connectivity index (χ4v) is 1.29. The molecule has 0 fully saturated rings. The zero-order valence-electron chi connectivity index (χ0n) is 10.4. The third-order valence-corrected chi connectivity index (χ3v) is 2.33. The minimum absolute atomic E-state index is 0.0454. The van der Waals surface area contributed by atoms with Crippen molar-refractivity contribution in [3.05, 3.63) is 0 Å². The van der Waals surface area contributed by atoms with E-state index in [0.29, 0.717) is 0 Å². The summed E-state index contributed by atoms with van der Waals surface area (Å²) in [4.78, 5) is 3.75. The van der Waals surface area contributed by atoms with Gasteiger partial charge in [-0.3, -0.25) is 4.99 Å². The van der Waals surface area contributed by atoms with Crippen molar-refractivity contribution in [1.29, 1.82) is 0 Å². The monoisotopic (exact) mass is 282 g/mol. The van der Waals surface area contributed by atoms with Gasteiger partial charge in [0.05, 0.1) is 26.4 Å². The number of aliphatic hydroxyl groups is 7. The maximum Gasteiger partial charge on any atom is 0.139 e. The summed E-state index contributed by atoms with van der Waals surface area (Å²) < 4.78 is 0. The number of nitrogens with zero attached hydrogens (tertiary/aromatic N) is 1. The van der Waals surface area contributed by atoms with Crippen molar-refractivity contribution in [2.45, 2.75) is 24.4 Å². The molecule has 0 radical (unpaired) electrons. The number of amidine groups is 1. The normalized spacial score (nSPS) is 18.8. The van der Waals surface area contributed by atoms with Gasteiger partial charge in [-0.1, -0.05) is 0 Å². The lowest BCUT2D eigenvalue weighted by atomic mass is 10.0. The van der Waals surface area contributed by atoms with Gasteiger partial charge in [0.1, 0.15) is 30.3 Å². The minimum atomic E-state index is -1.79. The van der Waals surface area contributed by atoms with E-state index in [-0.39, 0.29) is 32.1 Å². The molecule has 114 valence electrons. The van der Waals surface area contributed by atoms with Gasteiger partial charge in [-0.05, 0) is 0 Å². The maximum absolute atomic E-state index is 9.79. The van der Waals surface area contributed by atoms with Crippen molar-refractivity contribution in [1.82, 2.24) is 5.32 Å². The Hall–Kier alpha value is -0.810. The Labute approximate surface area is 110 Å². The molecule has 0 aliphatic carbocycles. The van der Waals surface area contributed by atoms with E-state index in [1.807, 2.05) is 0 Å². The molecular formula is C10H22N2O7. The van der Waals surface area contributed by atoms with Crippen LogP contribution in [0.25, 0.3) is 0 Å². The lowest BCUT2D eigenvalue weighted by molar-refractivity contribution is -0.101. The third kappa shape index (κ3) is 6.25. The van der Waals surface area contributed by atoms with Gasteiger partial charge in [-0.15, -0.1) is 0 Å². The largest absolute Gasteiger partial charge is 0.395 e. The molecular weight excluding hydrogens is 260 g/mol. The van der Waals surface area contributed by atoms with Gasteiger partial charge in [0.15, 0.2) is 0 Å². The molecule has 0 aromatic carbocycles. The first-order valence-corrected chi connectivity index (χ1v) is 5.82. The molecule has 19 heavy (non-hydrogen) atoms. The molecule has 9 heteroatoms. The van der Waals surface area contributed by atoms with Crippen molar-refractivity contribution >= 4 is 5.84 Å². The summed E-state index contributed by atoms with van der Waals surface area (Å²) in [6.07, 6.45) is -6.82.